The fourth-order valence-corrected chi connectivity index (χ4v) is 5.90. The van der Waals surface area contributed by atoms with Crippen LogP contribution in [0.2, 0.25) is 0 Å². The van der Waals surface area contributed by atoms with E-state index in [2.05, 4.69) is 30.4 Å². The molecule has 2 atom stereocenters. The van der Waals surface area contributed by atoms with Gasteiger partial charge in [-0.05, 0) is 26.2 Å². The van der Waals surface area contributed by atoms with Crippen molar-refractivity contribution in [2.75, 3.05) is 18.1 Å². The minimum atomic E-state index is 0.253. The largest absolute Gasteiger partial charge is 0.396 e. The summed E-state index contributed by atoms with van der Waals surface area (Å²) in [5.41, 5.74) is 0. The normalized spacial score (nSPS) is 36.4. The van der Waals surface area contributed by atoms with Crippen LogP contribution in [0.3, 0.4) is 0 Å². The summed E-state index contributed by atoms with van der Waals surface area (Å²) < 4.78 is 6.24. The molecule has 0 aromatic heterocycles. The van der Waals surface area contributed by atoms with Crippen LogP contribution in [-0.4, -0.2) is 39.5 Å². The maximum atomic E-state index is 8.94. The summed E-state index contributed by atoms with van der Waals surface area (Å²) in [4.78, 5) is 0. The van der Waals surface area contributed by atoms with E-state index in [9.17, 15) is 0 Å². The topological polar surface area (TPSA) is 29.5 Å². The highest BCUT2D eigenvalue weighted by Gasteiger charge is 2.43. The first kappa shape index (κ1) is 11.1. The molecule has 0 radical (unpaired) electrons. The van der Waals surface area contributed by atoms with E-state index in [0.717, 1.165) is 12.8 Å². The first-order valence-electron chi connectivity index (χ1n) is 5.28. The molecular formula is C10H18O2S2. The Morgan fingerprint density at radius 2 is 2.07 bits per heavy atom. The molecule has 0 aromatic carbocycles. The number of ether oxygens (including phenoxy) is 1. The summed E-state index contributed by atoms with van der Waals surface area (Å²) in [5, 5.41) is 8.94. The number of hydrogen-bond acceptors (Lipinski definition) is 4. The van der Waals surface area contributed by atoms with E-state index in [-0.39, 0.29) is 12.7 Å². The zero-order chi connectivity index (χ0) is 10.0. The highest BCUT2D eigenvalue weighted by Crippen LogP contribution is 2.53. The van der Waals surface area contributed by atoms with Crippen LogP contribution in [0.5, 0.6) is 0 Å². The van der Waals surface area contributed by atoms with Gasteiger partial charge in [-0.15, -0.1) is 23.5 Å². The molecule has 4 heteroatoms. The Bertz CT molecular complexity index is 193. The lowest BCUT2D eigenvalue weighted by molar-refractivity contribution is -0.0501. The van der Waals surface area contributed by atoms with Crippen molar-refractivity contribution in [2.45, 2.75) is 42.5 Å². The Morgan fingerprint density at radius 1 is 1.36 bits per heavy atom. The zero-order valence-corrected chi connectivity index (χ0v) is 10.2. The highest BCUT2D eigenvalue weighted by molar-refractivity contribution is 8.21. The van der Waals surface area contributed by atoms with Crippen molar-refractivity contribution in [2.24, 2.45) is 0 Å². The number of rotatable bonds is 2. The minimum Gasteiger partial charge on any atom is -0.396 e. The maximum Gasteiger partial charge on any atom is 0.0660 e. The summed E-state index contributed by atoms with van der Waals surface area (Å²) in [7, 11) is 0. The molecule has 1 N–H and O–H groups in total. The molecule has 82 valence electrons. The number of hydrogen-bond donors (Lipinski definition) is 1. The van der Waals surface area contributed by atoms with Gasteiger partial charge in [-0.25, -0.2) is 0 Å². The quantitative estimate of drug-likeness (QED) is 0.792. The molecule has 14 heavy (non-hydrogen) atoms. The molecule has 0 unspecified atom stereocenters. The molecule has 0 amide bonds. The number of thioether (sulfide) groups is 2. The zero-order valence-electron chi connectivity index (χ0n) is 8.57. The molecule has 2 heterocycles. The Balaban J connectivity index is 1.98. The average molecular weight is 234 g/mol. The lowest BCUT2D eigenvalue weighted by Crippen LogP contribution is -2.39. The summed E-state index contributed by atoms with van der Waals surface area (Å²) in [6, 6.07) is 0. The molecular weight excluding hydrogens is 216 g/mol. The van der Waals surface area contributed by atoms with E-state index in [1.54, 1.807) is 0 Å². The van der Waals surface area contributed by atoms with Crippen molar-refractivity contribution in [3.8, 4) is 0 Å². The van der Waals surface area contributed by atoms with Gasteiger partial charge in [0.05, 0.1) is 16.3 Å². The average Bonchev–Trinajstić information content (AvgIpc) is 2.52. The van der Waals surface area contributed by atoms with Crippen LogP contribution in [0.4, 0.5) is 0 Å². The molecule has 2 rings (SSSR count). The molecule has 0 bridgehead atoms. The van der Waals surface area contributed by atoms with Crippen LogP contribution < -0.4 is 0 Å². The molecule has 0 aliphatic carbocycles. The summed E-state index contributed by atoms with van der Waals surface area (Å²) in [6.07, 6.45) is 3.73. The van der Waals surface area contributed by atoms with Crippen LogP contribution in [0.15, 0.2) is 0 Å². The smallest absolute Gasteiger partial charge is 0.0660 e. The summed E-state index contributed by atoms with van der Waals surface area (Å²) >= 11 is 4.20. The summed E-state index contributed by atoms with van der Waals surface area (Å²) in [5.74, 6) is 2.56. The van der Waals surface area contributed by atoms with Crippen molar-refractivity contribution in [1.29, 1.82) is 0 Å². The molecule has 2 nitrogen and oxygen atoms in total. The Kier molecular flexibility index (Phi) is 3.68. The van der Waals surface area contributed by atoms with Crippen molar-refractivity contribution in [3.05, 3.63) is 0 Å². The van der Waals surface area contributed by atoms with Crippen LogP contribution in [0.1, 0.15) is 26.2 Å². The second-order valence-electron chi connectivity index (χ2n) is 4.10. The number of aliphatic hydroxyl groups excluding tert-OH is 1. The predicted octanol–water partition coefficient (Wildman–Crippen LogP) is 2.11. The van der Waals surface area contributed by atoms with Crippen molar-refractivity contribution in [3.63, 3.8) is 0 Å². The third kappa shape index (κ3) is 2.40. The molecule has 2 fully saturated rings. The van der Waals surface area contributed by atoms with E-state index >= 15 is 0 Å². The molecule has 1 spiro atoms. The van der Waals surface area contributed by atoms with Crippen LogP contribution in [0.25, 0.3) is 0 Å². The van der Waals surface area contributed by atoms with Crippen LogP contribution in [-0.2, 0) is 4.74 Å². The van der Waals surface area contributed by atoms with Crippen molar-refractivity contribution >= 4 is 23.5 Å². The van der Waals surface area contributed by atoms with Gasteiger partial charge < -0.3 is 9.84 Å². The second kappa shape index (κ2) is 4.64. The second-order valence-corrected chi connectivity index (χ2v) is 7.31. The number of aliphatic hydroxyl groups is 1. The van der Waals surface area contributed by atoms with Crippen LogP contribution in [0, 0.1) is 0 Å². The lowest BCUT2D eigenvalue weighted by atomic mass is 10.0. The first-order chi connectivity index (χ1) is 6.74. The molecule has 2 aliphatic heterocycles. The van der Waals surface area contributed by atoms with E-state index in [0.29, 0.717) is 10.2 Å². The van der Waals surface area contributed by atoms with E-state index in [1.807, 2.05) is 0 Å². The predicted molar refractivity (Wildman–Crippen MR) is 62.9 cm³/mol. The third-order valence-corrected chi connectivity index (χ3v) is 6.33. The van der Waals surface area contributed by atoms with Gasteiger partial charge in [0.25, 0.3) is 0 Å². The fourth-order valence-electron chi connectivity index (χ4n) is 2.34. The monoisotopic (exact) mass is 234 g/mol. The van der Waals surface area contributed by atoms with Gasteiger partial charge in [-0.2, -0.15) is 0 Å². The standard InChI is InChI=1S/C10H18O2S2/c1-8-6-10(13-4-5-14-10)7-9(12-8)2-3-11/h8-9,11H,2-7H2,1H3/t8-,9+/m0/s1. The van der Waals surface area contributed by atoms with Gasteiger partial charge in [0.1, 0.15) is 0 Å². The SMILES string of the molecule is C[C@H]1CC2(C[C@@H](CCO)O1)SCCS2. The maximum absolute atomic E-state index is 8.94. The Morgan fingerprint density at radius 3 is 2.71 bits per heavy atom. The van der Waals surface area contributed by atoms with Crippen LogP contribution >= 0.6 is 23.5 Å². The van der Waals surface area contributed by atoms with Gasteiger partial charge in [-0.3, -0.25) is 0 Å². The van der Waals surface area contributed by atoms with Gasteiger partial charge in [0.15, 0.2) is 0 Å². The van der Waals surface area contributed by atoms with E-state index < -0.39 is 0 Å². The van der Waals surface area contributed by atoms with E-state index in [4.69, 9.17) is 9.84 Å². The minimum absolute atomic E-state index is 0.253. The van der Waals surface area contributed by atoms with Gasteiger partial charge >= 0.3 is 0 Å². The fraction of sp³-hybridized carbons (Fsp3) is 1.00. The van der Waals surface area contributed by atoms with Gasteiger partial charge in [0, 0.05) is 18.1 Å². The van der Waals surface area contributed by atoms with Gasteiger partial charge in [0.2, 0.25) is 0 Å². The molecule has 0 saturated carbocycles. The third-order valence-electron chi connectivity index (χ3n) is 2.83. The van der Waals surface area contributed by atoms with Gasteiger partial charge in [-0.1, -0.05) is 0 Å². The lowest BCUT2D eigenvalue weighted by Gasteiger charge is -2.40. The highest BCUT2D eigenvalue weighted by atomic mass is 32.2. The molecule has 2 saturated heterocycles. The summed E-state index contributed by atoms with van der Waals surface area (Å²) in [6.45, 7) is 2.41. The van der Waals surface area contributed by atoms with Crippen molar-refractivity contribution < 1.29 is 9.84 Å². The Hall–Kier alpha value is 0.620. The molecule has 2 aliphatic rings. The Labute approximate surface area is 94.2 Å². The molecule has 0 aromatic rings. The van der Waals surface area contributed by atoms with E-state index in [1.165, 1.54) is 17.9 Å². The van der Waals surface area contributed by atoms with Crippen molar-refractivity contribution in [1.82, 2.24) is 0 Å². The first-order valence-corrected chi connectivity index (χ1v) is 7.25.